The number of rotatable bonds is 2. The summed E-state index contributed by atoms with van der Waals surface area (Å²) < 4.78 is 5.73. The minimum atomic E-state index is -0.662. The molecular weight excluding hydrogens is 404 g/mol. The molecule has 1 aliphatic carbocycles. The number of hydrogen-bond donors (Lipinski definition) is 0. The number of hydrogen-bond acceptors (Lipinski definition) is 4. The fraction of sp³-hybridized carbons (Fsp3) is 0.423. The van der Waals surface area contributed by atoms with Crippen LogP contribution < -0.4 is 4.90 Å². The lowest BCUT2D eigenvalue weighted by molar-refractivity contribution is -0.130. The van der Waals surface area contributed by atoms with Crippen molar-refractivity contribution in [3.63, 3.8) is 0 Å². The minimum absolute atomic E-state index is 0.0272. The highest BCUT2D eigenvalue weighted by Gasteiger charge is 2.66. The Labute approximate surface area is 188 Å². The van der Waals surface area contributed by atoms with E-state index in [4.69, 9.17) is 4.74 Å². The first-order valence-electron chi connectivity index (χ1n) is 11.2. The van der Waals surface area contributed by atoms with Crippen molar-refractivity contribution in [2.45, 2.75) is 69.7 Å². The first kappa shape index (κ1) is 20.7. The maximum absolute atomic E-state index is 13.4. The number of ketones is 1. The van der Waals surface area contributed by atoms with Crippen LogP contribution in [0.5, 0.6) is 0 Å². The molecule has 3 atom stereocenters. The van der Waals surface area contributed by atoms with Gasteiger partial charge in [-0.25, -0.2) is 4.79 Å². The van der Waals surface area contributed by atoms with Crippen LogP contribution in [0, 0.1) is 0 Å². The summed E-state index contributed by atoms with van der Waals surface area (Å²) in [5.74, 6) is 0.101. The molecule has 6 nitrogen and oxygen atoms in total. The van der Waals surface area contributed by atoms with Crippen molar-refractivity contribution >= 4 is 23.5 Å². The number of nitrogens with zero attached hydrogens (tertiary/aromatic N) is 2. The number of likely N-dealkylation sites (tertiary alicyclic amines) is 1. The van der Waals surface area contributed by atoms with Crippen LogP contribution in [0.2, 0.25) is 0 Å². The van der Waals surface area contributed by atoms with Crippen molar-refractivity contribution in [1.29, 1.82) is 0 Å². The molecule has 2 heterocycles. The highest BCUT2D eigenvalue weighted by Crippen LogP contribution is 2.58. The summed E-state index contributed by atoms with van der Waals surface area (Å²) in [6.07, 6.45) is 0.371. The molecule has 0 unspecified atom stereocenters. The van der Waals surface area contributed by atoms with Gasteiger partial charge in [-0.05, 0) is 38.0 Å². The van der Waals surface area contributed by atoms with Crippen molar-refractivity contribution < 1.29 is 19.1 Å². The summed E-state index contributed by atoms with van der Waals surface area (Å²) >= 11 is 0. The molecule has 2 amide bonds. The summed E-state index contributed by atoms with van der Waals surface area (Å²) in [5.41, 5.74) is 1.48. The van der Waals surface area contributed by atoms with Gasteiger partial charge in [0.15, 0.2) is 0 Å². The number of carbonyl (C=O) groups is 3. The van der Waals surface area contributed by atoms with Gasteiger partial charge in [0.1, 0.15) is 11.4 Å². The SMILES string of the molecule is CC(C)(C)OC(=O)N1c2ccccc2[C@]23CC(=O)N(Cc4ccccc4)[C@H]2CC(=O)C[C@H]13. The molecule has 1 saturated heterocycles. The van der Waals surface area contributed by atoms with Crippen LogP contribution in [0.25, 0.3) is 0 Å². The number of amides is 2. The van der Waals surface area contributed by atoms with Crippen LogP contribution in [0.15, 0.2) is 54.6 Å². The molecule has 0 N–H and O–H groups in total. The van der Waals surface area contributed by atoms with E-state index in [9.17, 15) is 14.4 Å². The van der Waals surface area contributed by atoms with Gasteiger partial charge < -0.3 is 9.64 Å². The summed E-state index contributed by atoms with van der Waals surface area (Å²) in [4.78, 5) is 43.1. The summed E-state index contributed by atoms with van der Waals surface area (Å²) in [7, 11) is 0. The lowest BCUT2D eigenvalue weighted by atomic mass is 9.64. The Hall–Kier alpha value is -3.15. The van der Waals surface area contributed by atoms with Crippen LogP contribution in [-0.4, -0.2) is 40.4 Å². The van der Waals surface area contributed by atoms with E-state index in [-0.39, 0.29) is 24.2 Å². The fourth-order valence-electron chi connectivity index (χ4n) is 5.79. The van der Waals surface area contributed by atoms with E-state index >= 15 is 0 Å². The van der Waals surface area contributed by atoms with Gasteiger partial charge >= 0.3 is 6.09 Å². The van der Waals surface area contributed by atoms with Crippen LogP contribution in [-0.2, 0) is 26.3 Å². The van der Waals surface area contributed by atoms with Gasteiger partial charge in [-0.3, -0.25) is 14.5 Å². The fourth-order valence-corrected chi connectivity index (χ4v) is 5.79. The van der Waals surface area contributed by atoms with Gasteiger partial charge in [0.05, 0.1) is 17.8 Å². The lowest BCUT2D eigenvalue weighted by Gasteiger charge is -2.44. The molecule has 2 aliphatic heterocycles. The molecule has 32 heavy (non-hydrogen) atoms. The minimum Gasteiger partial charge on any atom is -0.443 e. The first-order chi connectivity index (χ1) is 15.2. The smallest absolute Gasteiger partial charge is 0.415 e. The monoisotopic (exact) mass is 432 g/mol. The van der Waals surface area contributed by atoms with Gasteiger partial charge in [0, 0.05) is 31.2 Å². The number of anilines is 1. The third-order valence-corrected chi connectivity index (χ3v) is 6.93. The van der Waals surface area contributed by atoms with Crippen molar-refractivity contribution in [2.75, 3.05) is 4.90 Å². The zero-order valence-corrected chi connectivity index (χ0v) is 18.7. The Morgan fingerprint density at radius 3 is 2.38 bits per heavy atom. The predicted octanol–water partition coefficient (Wildman–Crippen LogP) is 4.21. The molecule has 3 aliphatic rings. The van der Waals surface area contributed by atoms with E-state index in [0.29, 0.717) is 19.4 Å². The Balaban J connectivity index is 1.60. The number of Topliss-reactive ketones (excluding diaryl/α,β-unsaturated/α-hetero) is 1. The van der Waals surface area contributed by atoms with Gasteiger partial charge in [-0.1, -0.05) is 48.5 Å². The van der Waals surface area contributed by atoms with E-state index in [2.05, 4.69) is 0 Å². The van der Waals surface area contributed by atoms with Crippen molar-refractivity contribution in [1.82, 2.24) is 4.90 Å². The topological polar surface area (TPSA) is 66.9 Å². The van der Waals surface area contributed by atoms with Crippen LogP contribution in [0.3, 0.4) is 0 Å². The van der Waals surface area contributed by atoms with E-state index in [1.807, 2.05) is 80.3 Å². The van der Waals surface area contributed by atoms with Crippen molar-refractivity contribution in [3.8, 4) is 0 Å². The van der Waals surface area contributed by atoms with E-state index in [1.54, 1.807) is 4.90 Å². The number of carbonyl (C=O) groups excluding carboxylic acids is 3. The molecule has 5 rings (SSSR count). The predicted molar refractivity (Wildman–Crippen MR) is 120 cm³/mol. The molecular formula is C26H28N2O4. The molecule has 0 radical (unpaired) electrons. The highest BCUT2D eigenvalue weighted by molar-refractivity contribution is 5.99. The maximum Gasteiger partial charge on any atom is 0.415 e. The molecule has 0 bridgehead atoms. The van der Waals surface area contributed by atoms with Gasteiger partial charge in [-0.2, -0.15) is 0 Å². The zero-order chi connectivity index (χ0) is 22.7. The van der Waals surface area contributed by atoms with E-state index in [1.165, 1.54) is 0 Å². The average molecular weight is 433 g/mol. The summed E-state index contributed by atoms with van der Waals surface area (Å²) in [6, 6.07) is 16.9. The van der Waals surface area contributed by atoms with Gasteiger partial charge in [0.2, 0.25) is 5.91 Å². The molecule has 1 spiro atoms. The highest BCUT2D eigenvalue weighted by atomic mass is 16.6. The lowest BCUT2D eigenvalue weighted by Crippen LogP contribution is -2.58. The van der Waals surface area contributed by atoms with Crippen LogP contribution in [0.1, 0.15) is 51.2 Å². The molecule has 6 heteroatoms. The average Bonchev–Trinajstić information content (AvgIpc) is 3.16. The molecule has 2 fully saturated rings. The Kier molecular flexibility index (Phi) is 4.66. The third-order valence-electron chi connectivity index (χ3n) is 6.93. The Morgan fingerprint density at radius 1 is 1.00 bits per heavy atom. The van der Waals surface area contributed by atoms with Crippen molar-refractivity contribution in [3.05, 3.63) is 65.7 Å². The summed E-state index contributed by atoms with van der Waals surface area (Å²) in [6.45, 7) is 5.95. The zero-order valence-electron chi connectivity index (χ0n) is 18.7. The standard InChI is InChI=1S/C26H28N2O4/c1-25(2,3)32-24(31)28-20-12-8-7-11-19(20)26-15-23(30)27(16-17-9-5-4-6-10-17)21(26)13-18(29)14-22(26)28/h4-12,21-22H,13-16H2,1-3H3/t21-,22-,26+/m0/s1. The molecule has 0 aromatic heterocycles. The Bertz CT molecular complexity index is 1090. The van der Waals surface area contributed by atoms with Crippen molar-refractivity contribution in [2.24, 2.45) is 0 Å². The second-order valence-electron chi connectivity index (χ2n) is 10.1. The van der Waals surface area contributed by atoms with Gasteiger partial charge in [0.25, 0.3) is 0 Å². The number of benzene rings is 2. The Morgan fingerprint density at radius 2 is 1.66 bits per heavy atom. The normalized spacial score (nSPS) is 26.6. The second-order valence-corrected chi connectivity index (χ2v) is 10.1. The second kappa shape index (κ2) is 7.19. The summed E-state index contributed by atoms with van der Waals surface area (Å²) in [5, 5.41) is 0. The maximum atomic E-state index is 13.4. The molecule has 2 aromatic carbocycles. The molecule has 2 aromatic rings. The number of fused-ring (bicyclic) bond motifs is 1. The molecule has 1 saturated carbocycles. The van der Waals surface area contributed by atoms with Crippen LogP contribution in [0.4, 0.5) is 10.5 Å². The first-order valence-corrected chi connectivity index (χ1v) is 11.2. The molecule has 166 valence electrons. The largest absolute Gasteiger partial charge is 0.443 e. The van der Waals surface area contributed by atoms with Crippen LogP contribution >= 0.6 is 0 Å². The van der Waals surface area contributed by atoms with E-state index < -0.39 is 23.2 Å². The van der Waals surface area contributed by atoms with E-state index in [0.717, 1.165) is 16.8 Å². The third kappa shape index (κ3) is 3.12. The quantitative estimate of drug-likeness (QED) is 0.713. The number of ether oxygens (including phenoxy) is 1. The van der Waals surface area contributed by atoms with Gasteiger partial charge in [-0.15, -0.1) is 0 Å². The number of para-hydroxylation sites is 1.